The highest BCUT2D eigenvalue weighted by Crippen LogP contribution is 2.15. The van der Waals surface area contributed by atoms with Crippen molar-refractivity contribution in [2.45, 2.75) is 13.0 Å². The normalized spacial score (nSPS) is 12.7. The van der Waals surface area contributed by atoms with Gasteiger partial charge in [0, 0.05) is 40.0 Å². The third-order valence-corrected chi connectivity index (χ3v) is 3.21. The lowest BCUT2D eigenvalue weighted by Gasteiger charge is -2.04. The molecule has 0 aliphatic carbocycles. The Hall–Kier alpha value is -0.620. The van der Waals surface area contributed by atoms with E-state index >= 15 is 0 Å². The number of halogens is 1. The quantitative estimate of drug-likeness (QED) is 0.899. The van der Waals surface area contributed by atoms with E-state index in [-0.39, 0.29) is 5.69 Å². The molecule has 0 radical (unpaired) electrons. The molecular weight excluding hydrogens is 282 g/mol. The Kier molecular flexibility index (Phi) is 4.53. The molecule has 0 spiro atoms. The van der Waals surface area contributed by atoms with Gasteiger partial charge in [-0.3, -0.25) is 4.21 Å². The second-order valence-electron chi connectivity index (χ2n) is 3.17. The first-order chi connectivity index (χ1) is 7.00. The van der Waals surface area contributed by atoms with Gasteiger partial charge in [-0.1, -0.05) is 0 Å². The van der Waals surface area contributed by atoms with Crippen LogP contribution in [-0.4, -0.2) is 31.9 Å². The summed E-state index contributed by atoms with van der Waals surface area (Å²) in [4.78, 5) is 10.8. The molecule has 1 rings (SSSR count). The minimum Gasteiger partial charge on any atom is -0.477 e. The number of aromatic carboxylic acids is 1. The van der Waals surface area contributed by atoms with Crippen LogP contribution in [0, 0.1) is 0 Å². The fourth-order valence-electron chi connectivity index (χ4n) is 1.28. The SMILES string of the molecule is CS(=O)CCCn1cc(Br)cc1C(=O)O. The summed E-state index contributed by atoms with van der Waals surface area (Å²) in [7, 11) is -0.822. The van der Waals surface area contributed by atoms with E-state index in [1.54, 1.807) is 23.1 Å². The Labute approximate surface area is 98.9 Å². The summed E-state index contributed by atoms with van der Waals surface area (Å²) >= 11 is 3.23. The van der Waals surface area contributed by atoms with Gasteiger partial charge in [-0.25, -0.2) is 4.79 Å². The van der Waals surface area contributed by atoms with Crippen LogP contribution in [0.3, 0.4) is 0 Å². The van der Waals surface area contributed by atoms with E-state index in [2.05, 4.69) is 15.9 Å². The average Bonchev–Trinajstić information content (AvgIpc) is 2.46. The fourth-order valence-corrected chi connectivity index (χ4v) is 2.28. The zero-order valence-electron chi connectivity index (χ0n) is 8.27. The number of rotatable bonds is 5. The zero-order valence-corrected chi connectivity index (χ0v) is 10.7. The van der Waals surface area contributed by atoms with Gasteiger partial charge < -0.3 is 9.67 Å². The molecule has 0 bridgehead atoms. The molecule has 1 N–H and O–H groups in total. The predicted octanol–water partition coefficient (Wildman–Crippen LogP) is 1.72. The summed E-state index contributed by atoms with van der Waals surface area (Å²) in [5.41, 5.74) is 0.253. The lowest BCUT2D eigenvalue weighted by molar-refractivity contribution is 0.0685. The third-order valence-electron chi connectivity index (χ3n) is 1.91. The summed E-state index contributed by atoms with van der Waals surface area (Å²) in [6.45, 7) is 0.576. The Morgan fingerprint density at radius 2 is 2.33 bits per heavy atom. The van der Waals surface area contributed by atoms with E-state index in [1.165, 1.54) is 0 Å². The number of aromatic nitrogens is 1. The van der Waals surface area contributed by atoms with Gasteiger partial charge in [-0.2, -0.15) is 0 Å². The van der Waals surface area contributed by atoms with Gasteiger partial charge in [-0.15, -0.1) is 0 Å². The summed E-state index contributed by atoms with van der Waals surface area (Å²) < 4.78 is 13.2. The molecule has 0 aromatic carbocycles. The van der Waals surface area contributed by atoms with E-state index in [9.17, 15) is 9.00 Å². The molecule has 4 nitrogen and oxygen atoms in total. The first-order valence-corrected chi connectivity index (χ1v) is 6.91. The lowest BCUT2D eigenvalue weighted by Crippen LogP contribution is -2.09. The average molecular weight is 294 g/mol. The molecule has 0 amide bonds. The summed E-state index contributed by atoms with van der Waals surface area (Å²) in [5.74, 6) is -0.354. The number of carboxylic acid groups (broad SMARTS) is 1. The molecule has 1 unspecified atom stereocenters. The van der Waals surface area contributed by atoms with E-state index in [4.69, 9.17) is 5.11 Å². The highest BCUT2D eigenvalue weighted by molar-refractivity contribution is 9.10. The third kappa shape index (κ3) is 3.79. The Morgan fingerprint density at radius 3 is 2.87 bits per heavy atom. The topological polar surface area (TPSA) is 59.3 Å². The van der Waals surface area contributed by atoms with Crippen molar-refractivity contribution in [2.24, 2.45) is 0 Å². The first-order valence-electron chi connectivity index (χ1n) is 4.39. The maximum absolute atomic E-state index is 10.8. The molecule has 0 saturated carbocycles. The minimum atomic E-state index is -0.946. The van der Waals surface area contributed by atoms with Crippen molar-refractivity contribution < 1.29 is 14.1 Å². The van der Waals surface area contributed by atoms with Crippen LogP contribution in [0.1, 0.15) is 16.9 Å². The van der Waals surface area contributed by atoms with Gasteiger partial charge in [0.25, 0.3) is 0 Å². The van der Waals surface area contributed by atoms with E-state index in [0.717, 1.165) is 4.47 Å². The Balaban J connectivity index is 2.67. The molecule has 15 heavy (non-hydrogen) atoms. The molecule has 1 aromatic heterocycles. The van der Waals surface area contributed by atoms with Gasteiger partial charge in [0.05, 0.1) is 0 Å². The second-order valence-corrected chi connectivity index (χ2v) is 5.64. The maximum Gasteiger partial charge on any atom is 0.352 e. The number of carbonyl (C=O) groups is 1. The van der Waals surface area contributed by atoms with Crippen molar-refractivity contribution in [3.05, 3.63) is 22.4 Å². The van der Waals surface area contributed by atoms with Crippen molar-refractivity contribution in [1.82, 2.24) is 4.57 Å². The molecule has 1 heterocycles. The summed E-state index contributed by atoms with van der Waals surface area (Å²) in [6.07, 6.45) is 4.08. The van der Waals surface area contributed by atoms with Crippen LogP contribution in [0.2, 0.25) is 0 Å². The Bertz CT molecular complexity index is 389. The van der Waals surface area contributed by atoms with Crippen LogP contribution >= 0.6 is 15.9 Å². The largest absolute Gasteiger partial charge is 0.477 e. The van der Waals surface area contributed by atoms with Crippen molar-refractivity contribution in [2.75, 3.05) is 12.0 Å². The van der Waals surface area contributed by atoms with Gasteiger partial charge in [0.2, 0.25) is 0 Å². The van der Waals surface area contributed by atoms with Crippen LogP contribution < -0.4 is 0 Å². The molecule has 0 aliphatic rings. The molecule has 0 aliphatic heterocycles. The molecule has 0 fully saturated rings. The lowest BCUT2D eigenvalue weighted by atomic mass is 10.4. The van der Waals surface area contributed by atoms with Crippen LogP contribution in [0.15, 0.2) is 16.7 Å². The highest BCUT2D eigenvalue weighted by atomic mass is 79.9. The predicted molar refractivity (Wildman–Crippen MR) is 62.6 cm³/mol. The van der Waals surface area contributed by atoms with E-state index in [1.807, 2.05) is 0 Å². The van der Waals surface area contributed by atoms with E-state index < -0.39 is 16.8 Å². The number of hydrogen-bond donors (Lipinski definition) is 1. The highest BCUT2D eigenvalue weighted by Gasteiger charge is 2.10. The van der Waals surface area contributed by atoms with Crippen LogP contribution in [0.4, 0.5) is 0 Å². The molecule has 84 valence electrons. The number of aryl methyl sites for hydroxylation is 1. The second kappa shape index (κ2) is 5.46. The number of nitrogens with zero attached hydrogens (tertiary/aromatic N) is 1. The fraction of sp³-hybridized carbons (Fsp3) is 0.444. The molecule has 1 atom stereocenters. The molecule has 6 heteroatoms. The molecule has 1 aromatic rings. The van der Waals surface area contributed by atoms with Gasteiger partial charge in [0.1, 0.15) is 5.69 Å². The summed E-state index contributed by atoms with van der Waals surface area (Å²) in [6, 6.07) is 1.56. The summed E-state index contributed by atoms with van der Waals surface area (Å²) in [5, 5.41) is 8.89. The monoisotopic (exact) mass is 293 g/mol. The van der Waals surface area contributed by atoms with Gasteiger partial charge in [-0.05, 0) is 28.4 Å². The van der Waals surface area contributed by atoms with Crippen molar-refractivity contribution in [3.8, 4) is 0 Å². The van der Waals surface area contributed by atoms with E-state index in [0.29, 0.717) is 18.7 Å². The minimum absolute atomic E-state index is 0.253. The van der Waals surface area contributed by atoms with Crippen LogP contribution in [0.5, 0.6) is 0 Å². The van der Waals surface area contributed by atoms with Crippen molar-refractivity contribution >= 4 is 32.7 Å². The number of hydrogen-bond acceptors (Lipinski definition) is 2. The molecule has 0 saturated heterocycles. The zero-order chi connectivity index (χ0) is 11.4. The molecular formula is C9H12BrNO3S. The first kappa shape index (κ1) is 12.4. The Morgan fingerprint density at radius 1 is 1.67 bits per heavy atom. The number of carboxylic acids is 1. The van der Waals surface area contributed by atoms with Crippen molar-refractivity contribution in [1.29, 1.82) is 0 Å². The van der Waals surface area contributed by atoms with Crippen LogP contribution in [0.25, 0.3) is 0 Å². The maximum atomic E-state index is 10.8. The standard InChI is InChI=1S/C9H12BrNO3S/c1-15(14)4-2-3-11-6-7(10)5-8(11)9(12)13/h5-6H,2-4H2,1H3,(H,12,13). The smallest absolute Gasteiger partial charge is 0.352 e. The van der Waals surface area contributed by atoms with Crippen LogP contribution in [-0.2, 0) is 17.3 Å². The van der Waals surface area contributed by atoms with Gasteiger partial charge in [0.15, 0.2) is 0 Å². The van der Waals surface area contributed by atoms with Gasteiger partial charge >= 0.3 is 5.97 Å². The van der Waals surface area contributed by atoms with Crippen molar-refractivity contribution in [3.63, 3.8) is 0 Å².